The van der Waals surface area contributed by atoms with Crippen molar-refractivity contribution in [2.24, 2.45) is 0 Å². The molecule has 1 atom stereocenters. The monoisotopic (exact) mass is 394 g/mol. The largest absolute Gasteiger partial charge is 0.325 e. The number of hydrogen-bond acceptors (Lipinski definition) is 6. The molecule has 8 heteroatoms. The van der Waals surface area contributed by atoms with Crippen LogP contribution in [0.2, 0.25) is 0 Å². The molecule has 0 saturated carbocycles. The average molecular weight is 395 g/mol. The van der Waals surface area contributed by atoms with E-state index in [-0.39, 0.29) is 11.9 Å². The van der Waals surface area contributed by atoms with Gasteiger partial charge in [0.25, 0.3) is 0 Å². The van der Waals surface area contributed by atoms with Gasteiger partial charge in [-0.3, -0.25) is 9.69 Å². The lowest BCUT2D eigenvalue weighted by atomic mass is 10.1. The zero-order valence-electron chi connectivity index (χ0n) is 15.7. The van der Waals surface area contributed by atoms with E-state index in [1.807, 2.05) is 24.3 Å². The molecule has 4 rings (SSSR count). The zero-order chi connectivity index (χ0) is 19.3. The van der Waals surface area contributed by atoms with Crippen molar-refractivity contribution in [1.29, 1.82) is 0 Å². The molecule has 1 aliphatic rings. The number of nitrogens with zero attached hydrogens (tertiary/aromatic N) is 5. The highest BCUT2D eigenvalue weighted by Crippen LogP contribution is 2.23. The van der Waals surface area contributed by atoms with Crippen LogP contribution in [0.25, 0.3) is 5.69 Å². The van der Waals surface area contributed by atoms with Gasteiger partial charge < -0.3 is 5.32 Å². The minimum absolute atomic E-state index is 0.0344. The quantitative estimate of drug-likeness (QED) is 0.648. The molecule has 2 aromatic carbocycles. The van der Waals surface area contributed by atoms with Crippen LogP contribution in [0.3, 0.4) is 0 Å². The second-order valence-electron chi connectivity index (χ2n) is 6.77. The van der Waals surface area contributed by atoms with Crippen LogP contribution < -0.4 is 5.32 Å². The predicted octanol–water partition coefficient (Wildman–Crippen LogP) is 2.99. The number of tetrazole rings is 1. The topological polar surface area (TPSA) is 75.9 Å². The Labute approximate surface area is 168 Å². The number of thioether (sulfide) groups is 1. The van der Waals surface area contributed by atoms with E-state index in [0.717, 1.165) is 37.3 Å². The molecule has 1 fully saturated rings. The number of rotatable bonds is 6. The second kappa shape index (κ2) is 8.53. The van der Waals surface area contributed by atoms with Crippen molar-refractivity contribution in [1.82, 2.24) is 25.1 Å². The summed E-state index contributed by atoms with van der Waals surface area (Å²) in [6.07, 6.45) is 5.51. The fourth-order valence-electron chi connectivity index (χ4n) is 3.51. The van der Waals surface area contributed by atoms with Crippen molar-refractivity contribution in [2.75, 3.05) is 18.1 Å². The van der Waals surface area contributed by atoms with Gasteiger partial charge in [0.2, 0.25) is 5.91 Å². The summed E-state index contributed by atoms with van der Waals surface area (Å²) in [4.78, 5) is 16.4. The van der Waals surface area contributed by atoms with Crippen molar-refractivity contribution >= 4 is 23.4 Å². The van der Waals surface area contributed by atoms with Crippen molar-refractivity contribution in [2.45, 2.75) is 30.3 Å². The number of anilines is 1. The van der Waals surface area contributed by atoms with Crippen LogP contribution in [-0.4, -0.2) is 49.9 Å². The van der Waals surface area contributed by atoms with E-state index >= 15 is 0 Å². The first-order valence-corrected chi connectivity index (χ1v) is 10.5. The summed E-state index contributed by atoms with van der Waals surface area (Å²) in [6.45, 7) is 1.73. The Hall–Kier alpha value is -2.71. The van der Waals surface area contributed by atoms with E-state index in [1.54, 1.807) is 16.4 Å². The molecule has 3 aromatic rings. The minimum Gasteiger partial charge on any atom is -0.325 e. The number of hydrogen-bond donors (Lipinski definition) is 1. The number of likely N-dealkylation sites (tertiary alicyclic amines) is 1. The van der Waals surface area contributed by atoms with Gasteiger partial charge in [0.15, 0.2) is 0 Å². The third kappa shape index (κ3) is 4.23. The van der Waals surface area contributed by atoms with Gasteiger partial charge in [0.1, 0.15) is 6.33 Å². The van der Waals surface area contributed by atoms with Crippen molar-refractivity contribution in [3.63, 3.8) is 0 Å². The maximum Gasteiger partial charge on any atom is 0.241 e. The number of benzene rings is 2. The molecule has 28 heavy (non-hydrogen) atoms. The first kappa shape index (κ1) is 18.6. The van der Waals surface area contributed by atoms with E-state index in [2.05, 4.69) is 56.3 Å². The van der Waals surface area contributed by atoms with Crippen LogP contribution in [0.15, 0.2) is 59.8 Å². The molecule has 144 valence electrons. The summed E-state index contributed by atoms with van der Waals surface area (Å²) in [5.74, 6) is 0.0344. The van der Waals surface area contributed by atoms with Crippen molar-refractivity contribution in [3.8, 4) is 5.69 Å². The van der Waals surface area contributed by atoms with Crippen LogP contribution in [-0.2, 0) is 11.3 Å². The molecule has 1 aliphatic heterocycles. The smallest absolute Gasteiger partial charge is 0.241 e. The summed E-state index contributed by atoms with van der Waals surface area (Å²) >= 11 is 1.74. The fraction of sp³-hybridized carbons (Fsp3) is 0.300. The number of carbonyl (C=O) groups excluding carboxylic acids is 1. The number of amides is 1. The Kier molecular flexibility index (Phi) is 5.68. The minimum atomic E-state index is -0.114. The Morgan fingerprint density at radius 1 is 1.25 bits per heavy atom. The summed E-state index contributed by atoms with van der Waals surface area (Å²) in [6, 6.07) is 16.0. The third-order valence-corrected chi connectivity index (χ3v) is 5.68. The van der Waals surface area contributed by atoms with E-state index in [1.165, 1.54) is 16.8 Å². The maximum atomic E-state index is 12.9. The Morgan fingerprint density at radius 2 is 2.11 bits per heavy atom. The third-order valence-electron chi connectivity index (χ3n) is 4.94. The molecule has 1 N–H and O–H groups in total. The fourth-order valence-corrected chi connectivity index (χ4v) is 3.92. The molecule has 0 bridgehead atoms. The highest BCUT2D eigenvalue weighted by atomic mass is 32.2. The molecule has 1 amide bonds. The van der Waals surface area contributed by atoms with Crippen LogP contribution in [0.5, 0.6) is 0 Å². The lowest BCUT2D eigenvalue weighted by molar-refractivity contribution is -0.120. The van der Waals surface area contributed by atoms with E-state index in [4.69, 9.17) is 0 Å². The van der Waals surface area contributed by atoms with Crippen molar-refractivity contribution in [3.05, 3.63) is 60.4 Å². The van der Waals surface area contributed by atoms with Gasteiger partial charge in [-0.2, -0.15) is 0 Å². The van der Waals surface area contributed by atoms with Gasteiger partial charge in [-0.1, -0.05) is 18.2 Å². The molecule has 7 nitrogen and oxygen atoms in total. The van der Waals surface area contributed by atoms with Gasteiger partial charge >= 0.3 is 0 Å². The van der Waals surface area contributed by atoms with E-state index in [9.17, 15) is 4.79 Å². The predicted molar refractivity (Wildman–Crippen MR) is 109 cm³/mol. The first-order chi connectivity index (χ1) is 13.7. The Balaban J connectivity index is 1.43. The molecule has 0 aliphatic carbocycles. The molecular weight excluding hydrogens is 372 g/mol. The number of aromatic nitrogens is 4. The van der Waals surface area contributed by atoms with Gasteiger partial charge in [0, 0.05) is 17.1 Å². The van der Waals surface area contributed by atoms with Crippen molar-refractivity contribution < 1.29 is 4.79 Å². The lowest BCUT2D eigenvalue weighted by Gasteiger charge is -2.24. The molecule has 0 unspecified atom stereocenters. The van der Waals surface area contributed by atoms with Gasteiger partial charge in [-0.25, -0.2) is 4.68 Å². The van der Waals surface area contributed by atoms with Crippen LogP contribution in [0.4, 0.5) is 5.69 Å². The van der Waals surface area contributed by atoms with E-state index in [0.29, 0.717) is 0 Å². The molecule has 1 aromatic heterocycles. The Morgan fingerprint density at radius 3 is 2.86 bits per heavy atom. The summed E-state index contributed by atoms with van der Waals surface area (Å²) < 4.78 is 1.57. The van der Waals surface area contributed by atoms with Crippen LogP contribution in [0, 0.1) is 0 Å². The lowest BCUT2D eigenvalue weighted by Crippen LogP contribution is -2.39. The SMILES string of the molecule is CSc1ccc(CN2CCC[C@@H]2C(=O)Nc2cccc(-n3cnnn3)c2)cc1. The van der Waals surface area contributed by atoms with Crippen LogP contribution >= 0.6 is 11.8 Å². The maximum absolute atomic E-state index is 12.9. The Bertz CT molecular complexity index is 928. The summed E-state index contributed by atoms with van der Waals surface area (Å²) in [5, 5.41) is 14.2. The molecular formula is C20H22N6OS. The average Bonchev–Trinajstić information content (AvgIpc) is 3.41. The molecule has 0 radical (unpaired) electrons. The normalized spacial score (nSPS) is 17.0. The highest BCUT2D eigenvalue weighted by molar-refractivity contribution is 7.98. The van der Waals surface area contributed by atoms with Crippen LogP contribution in [0.1, 0.15) is 18.4 Å². The summed E-state index contributed by atoms with van der Waals surface area (Å²) in [5.41, 5.74) is 2.78. The van der Waals surface area contributed by atoms with Gasteiger partial charge in [-0.15, -0.1) is 16.9 Å². The standard InChI is InChI=1S/C20H22N6OS/c1-28-18-9-7-15(8-10-18)13-25-11-3-6-19(25)20(27)22-16-4-2-5-17(12-16)26-14-21-23-24-26/h2,4-5,7-10,12,14,19H,3,6,11,13H2,1H3,(H,22,27)/t19-/m1/s1. The zero-order valence-corrected chi connectivity index (χ0v) is 16.5. The van der Waals surface area contributed by atoms with Gasteiger partial charge in [0.05, 0.1) is 11.7 Å². The van der Waals surface area contributed by atoms with Gasteiger partial charge in [-0.05, 0) is 72.0 Å². The highest BCUT2D eigenvalue weighted by Gasteiger charge is 2.30. The molecule has 0 spiro atoms. The van der Waals surface area contributed by atoms with E-state index < -0.39 is 0 Å². The first-order valence-electron chi connectivity index (χ1n) is 9.24. The number of carbonyl (C=O) groups is 1. The summed E-state index contributed by atoms with van der Waals surface area (Å²) in [7, 11) is 0. The second-order valence-corrected chi connectivity index (χ2v) is 7.65. The molecule has 2 heterocycles. The number of nitrogens with one attached hydrogen (secondary N) is 1. The molecule has 1 saturated heterocycles.